The molecule has 17 heavy (non-hydrogen) atoms. The van der Waals surface area contributed by atoms with Crippen molar-refractivity contribution < 1.29 is 13.7 Å². The first kappa shape index (κ1) is 11.9. The van der Waals surface area contributed by atoms with Crippen molar-refractivity contribution in [2.45, 2.75) is 20.0 Å². The maximum Gasteiger partial charge on any atom is 0.267 e. The van der Waals surface area contributed by atoms with Crippen molar-refractivity contribution in [3.63, 3.8) is 0 Å². The molecule has 0 aliphatic rings. The van der Waals surface area contributed by atoms with Gasteiger partial charge in [0.25, 0.3) is 5.89 Å². The van der Waals surface area contributed by atoms with Gasteiger partial charge in [-0.25, -0.2) is 4.39 Å². The van der Waals surface area contributed by atoms with Crippen LogP contribution in [-0.2, 0) is 0 Å². The van der Waals surface area contributed by atoms with Crippen LogP contribution in [0.25, 0.3) is 0 Å². The Morgan fingerprint density at radius 1 is 1.47 bits per heavy atom. The van der Waals surface area contributed by atoms with Crippen molar-refractivity contribution in [3.05, 3.63) is 40.8 Å². The number of ether oxygens (including phenoxy) is 1. The number of benzene rings is 1. The molecule has 4 nitrogen and oxygen atoms in total. The van der Waals surface area contributed by atoms with Crippen molar-refractivity contribution >= 4 is 11.6 Å². The average molecular weight is 257 g/mol. The average Bonchev–Trinajstić information content (AvgIpc) is 2.70. The molecule has 0 aliphatic carbocycles. The molecule has 0 saturated heterocycles. The minimum Gasteiger partial charge on any atom is -0.481 e. The van der Waals surface area contributed by atoms with E-state index in [-0.39, 0.29) is 5.02 Å². The molecule has 90 valence electrons. The second-order valence-electron chi connectivity index (χ2n) is 3.52. The van der Waals surface area contributed by atoms with E-state index >= 15 is 0 Å². The van der Waals surface area contributed by atoms with Gasteiger partial charge >= 0.3 is 0 Å². The molecule has 6 heteroatoms. The van der Waals surface area contributed by atoms with Crippen LogP contribution in [0, 0.1) is 12.7 Å². The van der Waals surface area contributed by atoms with Crippen LogP contribution in [-0.4, -0.2) is 10.1 Å². The fraction of sp³-hybridized carbons (Fsp3) is 0.273. The standard InChI is InChI=1S/C11H10ClFN2O2/c1-6(11-14-7(2)15-17-11)16-8-3-4-10(13)9(12)5-8/h3-6H,1-2H3. The Kier molecular flexibility index (Phi) is 3.28. The molecule has 2 aromatic rings. The van der Waals surface area contributed by atoms with E-state index in [1.54, 1.807) is 13.8 Å². The lowest BCUT2D eigenvalue weighted by atomic mass is 10.3. The maximum absolute atomic E-state index is 12.9. The number of hydrogen-bond donors (Lipinski definition) is 0. The van der Waals surface area contributed by atoms with Crippen molar-refractivity contribution in [2.24, 2.45) is 0 Å². The monoisotopic (exact) mass is 256 g/mol. The fourth-order valence-electron chi connectivity index (χ4n) is 1.28. The summed E-state index contributed by atoms with van der Waals surface area (Å²) < 4.78 is 23.4. The van der Waals surface area contributed by atoms with Crippen molar-refractivity contribution in [1.29, 1.82) is 0 Å². The summed E-state index contributed by atoms with van der Waals surface area (Å²) in [5, 5.41) is 3.67. The molecule has 1 aromatic heterocycles. The second kappa shape index (κ2) is 4.71. The number of halogens is 2. The van der Waals surface area contributed by atoms with Gasteiger partial charge in [0.15, 0.2) is 11.9 Å². The van der Waals surface area contributed by atoms with Crippen molar-refractivity contribution in [3.8, 4) is 5.75 Å². The van der Waals surface area contributed by atoms with Gasteiger partial charge in [-0.2, -0.15) is 4.98 Å². The van der Waals surface area contributed by atoms with Crippen molar-refractivity contribution in [2.75, 3.05) is 0 Å². The first-order valence-corrected chi connectivity index (χ1v) is 5.36. The molecule has 1 atom stereocenters. The minimum atomic E-state index is -0.486. The van der Waals surface area contributed by atoms with Crippen LogP contribution in [0.15, 0.2) is 22.7 Å². The van der Waals surface area contributed by atoms with Crippen LogP contribution in [0.5, 0.6) is 5.75 Å². The zero-order valence-electron chi connectivity index (χ0n) is 9.28. The summed E-state index contributed by atoms with van der Waals surface area (Å²) in [4.78, 5) is 4.04. The third-order valence-electron chi connectivity index (χ3n) is 2.09. The molecule has 2 rings (SSSR count). The molecule has 0 spiro atoms. The predicted molar refractivity (Wildman–Crippen MR) is 59.5 cm³/mol. The Bertz CT molecular complexity index is 530. The quantitative estimate of drug-likeness (QED) is 0.845. The van der Waals surface area contributed by atoms with E-state index in [1.807, 2.05) is 0 Å². The molecule has 0 aliphatic heterocycles. The van der Waals surface area contributed by atoms with E-state index in [1.165, 1.54) is 18.2 Å². The molecule has 0 N–H and O–H groups in total. The predicted octanol–water partition coefficient (Wildman–Crippen LogP) is 3.31. The zero-order chi connectivity index (χ0) is 12.4. The topological polar surface area (TPSA) is 48.2 Å². The molecule has 0 amide bonds. The van der Waals surface area contributed by atoms with E-state index in [2.05, 4.69) is 10.1 Å². The van der Waals surface area contributed by atoms with Gasteiger partial charge in [-0.05, 0) is 26.0 Å². The highest BCUT2D eigenvalue weighted by Crippen LogP contribution is 2.25. The summed E-state index contributed by atoms with van der Waals surface area (Å²) >= 11 is 5.64. The molecule has 0 fully saturated rings. The molecule has 0 radical (unpaired) electrons. The van der Waals surface area contributed by atoms with Gasteiger partial charge in [0.2, 0.25) is 0 Å². The van der Waals surface area contributed by atoms with Crippen LogP contribution in [0.1, 0.15) is 24.7 Å². The second-order valence-corrected chi connectivity index (χ2v) is 3.92. The summed E-state index contributed by atoms with van der Waals surface area (Å²) in [7, 11) is 0. The van der Waals surface area contributed by atoms with Crippen LogP contribution < -0.4 is 4.74 Å². The third kappa shape index (κ3) is 2.74. The first-order chi connectivity index (χ1) is 8.06. The number of aryl methyl sites for hydroxylation is 1. The van der Waals surface area contributed by atoms with Gasteiger partial charge in [-0.15, -0.1) is 0 Å². The maximum atomic E-state index is 12.9. The van der Waals surface area contributed by atoms with Crippen LogP contribution in [0.4, 0.5) is 4.39 Å². The van der Waals surface area contributed by atoms with E-state index < -0.39 is 11.9 Å². The van der Waals surface area contributed by atoms with Gasteiger partial charge in [0, 0.05) is 6.07 Å². The highest BCUT2D eigenvalue weighted by Gasteiger charge is 2.15. The molecule has 1 aromatic carbocycles. The van der Waals surface area contributed by atoms with E-state index in [9.17, 15) is 4.39 Å². The lowest BCUT2D eigenvalue weighted by Crippen LogP contribution is -2.03. The van der Waals surface area contributed by atoms with E-state index in [0.29, 0.717) is 17.5 Å². The number of rotatable bonds is 3. The Morgan fingerprint density at radius 3 is 2.82 bits per heavy atom. The Labute approximate surface area is 102 Å². The fourth-order valence-corrected chi connectivity index (χ4v) is 1.45. The van der Waals surface area contributed by atoms with Gasteiger partial charge in [-0.3, -0.25) is 0 Å². The highest BCUT2D eigenvalue weighted by molar-refractivity contribution is 6.30. The number of nitrogens with zero attached hydrogens (tertiary/aromatic N) is 2. The van der Waals surface area contributed by atoms with Gasteiger partial charge < -0.3 is 9.26 Å². The summed E-state index contributed by atoms with van der Waals surface area (Å²) in [6.07, 6.45) is -0.419. The first-order valence-electron chi connectivity index (χ1n) is 4.98. The highest BCUT2D eigenvalue weighted by atomic mass is 35.5. The van der Waals surface area contributed by atoms with Gasteiger partial charge in [-0.1, -0.05) is 16.8 Å². The molecule has 1 unspecified atom stereocenters. The normalized spacial score (nSPS) is 12.5. The summed E-state index contributed by atoms with van der Waals surface area (Å²) in [6, 6.07) is 4.13. The summed E-state index contributed by atoms with van der Waals surface area (Å²) in [5.74, 6) is 0.857. The number of aromatic nitrogens is 2. The minimum absolute atomic E-state index is 0.0106. The molecule has 1 heterocycles. The molecular formula is C11H10ClFN2O2. The molecule has 0 saturated carbocycles. The lowest BCUT2D eigenvalue weighted by Gasteiger charge is -2.10. The van der Waals surface area contributed by atoms with E-state index in [0.717, 1.165) is 0 Å². The molecule has 0 bridgehead atoms. The Hall–Kier alpha value is -1.62. The summed E-state index contributed by atoms with van der Waals surface area (Å²) in [5.41, 5.74) is 0. The lowest BCUT2D eigenvalue weighted by molar-refractivity contribution is 0.175. The SMILES string of the molecule is Cc1noc(C(C)Oc2ccc(F)c(Cl)c2)n1. The van der Waals surface area contributed by atoms with Gasteiger partial charge in [0.1, 0.15) is 11.6 Å². The Morgan fingerprint density at radius 2 is 2.24 bits per heavy atom. The van der Waals surface area contributed by atoms with Crippen LogP contribution >= 0.6 is 11.6 Å². The van der Waals surface area contributed by atoms with Gasteiger partial charge in [0.05, 0.1) is 5.02 Å². The molecular weight excluding hydrogens is 247 g/mol. The van der Waals surface area contributed by atoms with Crippen molar-refractivity contribution in [1.82, 2.24) is 10.1 Å². The number of hydrogen-bond acceptors (Lipinski definition) is 4. The largest absolute Gasteiger partial charge is 0.481 e. The van der Waals surface area contributed by atoms with E-state index in [4.69, 9.17) is 20.9 Å². The smallest absolute Gasteiger partial charge is 0.267 e. The van der Waals surface area contributed by atoms with Crippen LogP contribution in [0.2, 0.25) is 5.02 Å². The Balaban J connectivity index is 2.12. The summed E-state index contributed by atoms with van der Waals surface area (Å²) in [6.45, 7) is 3.47. The van der Waals surface area contributed by atoms with Crippen LogP contribution in [0.3, 0.4) is 0 Å². The zero-order valence-corrected chi connectivity index (χ0v) is 10.0. The third-order valence-corrected chi connectivity index (χ3v) is 2.38.